The van der Waals surface area contributed by atoms with E-state index in [0.29, 0.717) is 5.54 Å². The van der Waals surface area contributed by atoms with Crippen LogP contribution < -0.4 is 10.1 Å². The van der Waals surface area contributed by atoms with Crippen molar-refractivity contribution in [3.63, 3.8) is 0 Å². The highest BCUT2D eigenvalue weighted by Gasteiger charge is 2.41. The summed E-state index contributed by atoms with van der Waals surface area (Å²) in [4.78, 5) is 11.1. The molecule has 0 radical (unpaired) electrons. The maximum atomic E-state index is 11.1. The standard InChI is InChI=1S/C15H25NO2Si/c1-16-12-15(19(17)10-4-3-5-11-19)13-6-8-14(18-2)9-7-13/h6-9,15-17H,3-5,10-12H2,1-2H3/t15-/m1/s1. The van der Waals surface area contributed by atoms with Crippen LogP contribution in [0.15, 0.2) is 24.3 Å². The highest BCUT2D eigenvalue weighted by atomic mass is 28.4. The molecule has 1 aliphatic heterocycles. The molecular weight excluding hydrogens is 254 g/mol. The van der Waals surface area contributed by atoms with E-state index in [0.717, 1.165) is 24.4 Å². The summed E-state index contributed by atoms with van der Waals surface area (Å²) in [5.41, 5.74) is 1.55. The fourth-order valence-electron chi connectivity index (χ4n) is 3.17. The van der Waals surface area contributed by atoms with Crippen molar-refractivity contribution in [1.82, 2.24) is 5.32 Å². The lowest BCUT2D eigenvalue weighted by Gasteiger charge is -2.37. The van der Waals surface area contributed by atoms with Crippen molar-refractivity contribution in [3.05, 3.63) is 29.8 Å². The van der Waals surface area contributed by atoms with Gasteiger partial charge in [-0.1, -0.05) is 31.4 Å². The molecule has 3 nitrogen and oxygen atoms in total. The van der Waals surface area contributed by atoms with Crippen molar-refractivity contribution in [2.24, 2.45) is 0 Å². The summed E-state index contributed by atoms with van der Waals surface area (Å²) in [6.45, 7) is 0.870. The molecule has 0 amide bonds. The Morgan fingerprint density at radius 3 is 2.37 bits per heavy atom. The van der Waals surface area contributed by atoms with Gasteiger partial charge in [0.05, 0.1) is 7.11 Å². The van der Waals surface area contributed by atoms with E-state index in [2.05, 4.69) is 17.4 Å². The van der Waals surface area contributed by atoms with Crippen LogP contribution in [0.5, 0.6) is 5.75 Å². The van der Waals surface area contributed by atoms with Gasteiger partial charge < -0.3 is 14.8 Å². The highest BCUT2D eigenvalue weighted by molar-refractivity contribution is 6.74. The fourth-order valence-corrected chi connectivity index (χ4v) is 7.24. The number of hydrogen-bond donors (Lipinski definition) is 2. The van der Waals surface area contributed by atoms with Gasteiger partial charge in [-0.25, -0.2) is 0 Å². The van der Waals surface area contributed by atoms with Crippen LogP contribution >= 0.6 is 0 Å². The van der Waals surface area contributed by atoms with E-state index in [4.69, 9.17) is 4.74 Å². The Hall–Kier alpha value is -0.843. The number of ether oxygens (including phenoxy) is 1. The number of rotatable bonds is 5. The Labute approximate surface area is 117 Å². The minimum atomic E-state index is -2.16. The van der Waals surface area contributed by atoms with E-state index in [-0.39, 0.29) is 0 Å². The van der Waals surface area contributed by atoms with Gasteiger partial charge in [-0.2, -0.15) is 0 Å². The van der Waals surface area contributed by atoms with Crippen molar-refractivity contribution in [2.75, 3.05) is 20.7 Å². The highest BCUT2D eigenvalue weighted by Crippen LogP contribution is 2.37. The monoisotopic (exact) mass is 279 g/mol. The summed E-state index contributed by atoms with van der Waals surface area (Å²) in [7, 11) is 1.49. The largest absolute Gasteiger partial charge is 0.497 e. The zero-order valence-electron chi connectivity index (χ0n) is 12.0. The van der Waals surface area contributed by atoms with Crippen LogP contribution in [0.1, 0.15) is 30.4 Å². The van der Waals surface area contributed by atoms with Gasteiger partial charge in [0.15, 0.2) is 8.32 Å². The molecule has 0 saturated carbocycles. The lowest BCUT2D eigenvalue weighted by molar-refractivity contribution is 0.414. The Morgan fingerprint density at radius 2 is 1.84 bits per heavy atom. The van der Waals surface area contributed by atoms with Crippen LogP contribution in [0.25, 0.3) is 0 Å². The normalized spacial score (nSPS) is 19.9. The van der Waals surface area contributed by atoms with Crippen LogP contribution in [0.2, 0.25) is 12.1 Å². The first-order valence-electron chi connectivity index (χ1n) is 7.20. The third kappa shape index (κ3) is 3.38. The molecule has 0 aliphatic carbocycles. The van der Waals surface area contributed by atoms with Crippen LogP contribution in [-0.4, -0.2) is 33.8 Å². The molecule has 0 unspecified atom stereocenters. The molecule has 1 aliphatic rings. The number of benzene rings is 1. The topological polar surface area (TPSA) is 41.5 Å². The molecule has 4 heteroatoms. The summed E-state index contributed by atoms with van der Waals surface area (Å²) in [6.07, 6.45) is 3.67. The van der Waals surface area contributed by atoms with E-state index < -0.39 is 8.32 Å². The molecule has 1 atom stereocenters. The number of hydrogen-bond acceptors (Lipinski definition) is 3. The molecule has 1 aromatic rings. The Balaban J connectivity index is 2.22. The third-order valence-corrected chi connectivity index (χ3v) is 8.57. The lowest BCUT2D eigenvalue weighted by atomic mass is 10.1. The van der Waals surface area contributed by atoms with E-state index in [1.165, 1.54) is 24.8 Å². The fraction of sp³-hybridized carbons (Fsp3) is 0.600. The predicted octanol–water partition coefficient (Wildman–Crippen LogP) is 2.66. The molecule has 1 heterocycles. The predicted molar refractivity (Wildman–Crippen MR) is 81.1 cm³/mol. The molecule has 2 rings (SSSR count). The zero-order valence-corrected chi connectivity index (χ0v) is 13.0. The average molecular weight is 279 g/mol. The van der Waals surface area contributed by atoms with Gasteiger partial charge in [-0.05, 0) is 36.8 Å². The molecule has 1 fully saturated rings. The maximum Gasteiger partial charge on any atom is 0.197 e. The van der Waals surface area contributed by atoms with E-state index >= 15 is 0 Å². The van der Waals surface area contributed by atoms with Gasteiger partial charge in [0.1, 0.15) is 5.75 Å². The van der Waals surface area contributed by atoms with Gasteiger partial charge in [0.2, 0.25) is 0 Å². The zero-order chi connectivity index (χ0) is 13.7. The van der Waals surface area contributed by atoms with Gasteiger partial charge in [0.25, 0.3) is 0 Å². The molecule has 1 saturated heterocycles. The van der Waals surface area contributed by atoms with Crippen molar-refractivity contribution in [2.45, 2.75) is 36.9 Å². The minimum Gasteiger partial charge on any atom is -0.497 e. The molecule has 0 bridgehead atoms. The number of nitrogens with one attached hydrogen (secondary N) is 1. The van der Waals surface area contributed by atoms with Crippen molar-refractivity contribution in [3.8, 4) is 5.75 Å². The summed E-state index contributed by atoms with van der Waals surface area (Å²) in [5, 5.41) is 3.26. The summed E-state index contributed by atoms with van der Waals surface area (Å²) in [6, 6.07) is 10.3. The molecule has 1 aromatic carbocycles. The van der Waals surface area contributed by atoms with Gasteiger partial charge in [-0.3, -0.25) is 0 Å². The van der Waals surface area contributed by atoms with Crippen molar-refractivity contribution in [1.29, 1.82) is 0 Å². The van der Waals surface area contributed by atoms with Crippen molar-refractivity contribution >= 4 is 8.32 Å². The van der Waals surface area contributed by atoms with Gasteiger partial charge in [-0.15, -0.1) is 0 Å². The molecule has 19 heavy (non-hydrogen) atoms. The molecule has 106 valence electrons. The first kappa shape index (κ1) is 14.6. The van der Waals surface area contributed by atoms with Crippen LogP contribution in [0.4, 0.5) is 0 Å². The second-order valence-corrected chi connectivity index (χ2v) is 9.45. The number of likely N-dealkylation sites (N-methyl/N-ethyl adjacent to an activating group) is 1. The molecule has 0 spiro atoms. The Kier molecular flexibility index (Phi) is 5.02. The Bertz CT molecular complexity index is 388. The lowest BCUT2D eigenvalue weighted by Crippen LogP contribution is -2.47. The average Bonchev–Trinajstić information content (AvgIpc) is 2.45. The van der Waals surface area contributed by atoms with E-state index in [9.17, 15) is 4.80 Å². The molecule has 0 aromatic heterocycles. The maximum absolute atomic E-state index is 11.1. The molecule has 2 N–H and O–H groups in total. The van der Waals surface area contributed by atoms with Gasteiger partial charge >= 0.3 is 0 Å². The Morgan fingerprint density at radius 1 is 1.21 bits per heavy atom. The third-order valence-electron chi connectivity index (χ3n) is 4.29. The summed E-state index contributed by atoms with van der Waals surface area (Å²) >= 11 is 0. The minimum absolute atomic E-state index is 0.295. The smallest absolute Gasteiger partial charge is 0.197 e. The molecular formula is C15H25NO2Si. The van der Waals surface area contributed by atoms with Crippen LogP contribution in [-0.2, 0) is 0 Å². The summed E-state index contributed by atoms with van der Waals surface area (Å²) in [5.74, 6) is 0.879. The SMILES string of the molecule is CNC[C@H](c1ccc(OC)cc1)[Si]1(O)CCCCC1. The van der Waals surface area contributed by atoms with Gasteiger partial charge in [0, 0.05) is 12.1 Å². The summed E-state index contributed by atoms with van der Waals surface area (Å²) < 4.78 is 5.21. The second-order valence-electron chi connectivity index (χ2n) is 5.55. The number of methoxy groups -OCH3 is 1. The first-order chi connectivity index (χ1) is 9.19. The van der Waals surface area contributed by atoms with Crippen molar-refractivity contribution < 1.29 is 9.53 Å². The van der Waals surface area contributed by atoms with Crippen LogP contribution in [0.3, 0.4) is 0 Å². The quantitative estimate of drug-likeness (QED) is 0.814. The van der Waals surface area contributed by atoms with E-state index in [1.54, 1.807) is 7.11 Å². The van der Waals surface area contributed by atoms with E-state index in [1.807, 2.05) is 19.2 Å². The van der Waals surface area contributed by atoms with Crippen LogP contribution in [0, 0.1) is 0 Å². The second kappa shape index (κ2) is 6.55. The first-order valence-corrected chi connectivity index (χ1v) is 9.64.